The van der Waals surface area contributed by atoms with Crippen LogP contribution in [0.4, 0.5) is 16.3 Å². The van der Waals surface area contributed by atoms with Crippen LogP contribution in [0, 0.1) is 6.92 Å². The number of hydrogen-bond acceptors (Lipinski definition) is 3. The molecule has 0 saturated carbocycles. The average molecular weight is 451 g/mol. The molecule has 0 atom stereocenters. The molecule has 1 saturated heterocycles. The van der Waals surface area contributed by atoms with Gasteiger partial charge in [0.1, 0.15) is 5.82 Å². The molecule has 1 fully saturated rings. The van der Waals surface area contributed by atoms with Crippen molar-refractivity contribution in [1.82, 2.24) is 9.88 Å². The molecule has 3 aromatic carbocycles. The molecule has 2 amide bonds. The molecule has 0 spiro atoms. The van der Waals surface area contributed by atoms with Gasteiger partial charge in [0.25, 0.3) is 0 Å². The van der Waals surface area contributed by atoms with Crippen molar-refractivity contribution in [2.75, 3.05) is 36.4 Å². The second-order valence-corrected chi connectivity index (χ2v) is 8.87. The number of fused-ring (bicyclic) bond motifs is 1. The maximum Gasteiger partial charge on any atom is 0.321 e. The smallest absolute Gasteiger partial charge is 0.321 e. The Bertz CT molecular complexity index is 1290. The van der Waals surface area contributed by atoms with E-state index in [2.05, 4.69) is 90.8 Å². The van der Waals surface area contributed by atoms with Crippen LogP contribution in [0.15, 0.2) is 78.9 Å². The van der Waals surface area contributed by atoms with E-state index in [1.165, 1.54) is 16.7 Å². The minimum atomic E-state index is -0.0444. The number of carbonyl (C=O) groups excluding carboxylic acids is 1. The van der Waals surface area contributed by atoms with Gasteiger partial charge in [-0.2, -0.15) is 0 Å². The Labute approximate surface area is 201 Å². The monoisotopic (exact) mass is 450 g/mol. The van der Waals surface area contributed by atoms with Gasteiger partial charge in [-0.15, -0.1) is 0 Å². The van der Waals surface area contributed by atoms with Crippen LogP contribution in [0.5, 0.6) is 0 Å². The lowest BCUT2D eigenvalue weighted by Gasteiger charge is -2.35. The van der Waals surface area contributed by atoms with Gasteiger partial charge in [0, 0.05) is 42.8 Å². The summed E-state index contributed by atoms with van der Waals surface area (Å²) in [5.41, 5.74) is 6.68. The summed E-state index contributed by atoms with van der Waals surface area (Å²) in [6, 6.07) is 27.2. The Balaban J connectivity index is 1.29. The van der Waals surface area contributed by atoms with Crippen LogP contribution in [-0.2, 0) is 6.42 Å². The Morgan fingerprint density at radius 3 is 2.32 bits per heavy atom. The number of anilines is 2. The second-order valence-electron chi connectivity index (χ2n) is 8.87. The van der Waals surface area contributed by atoms with Crippen molar-refractivity contribution in [1.29, 1.82) is 0 Å². The molecule has 1 aromatic heterocycles. The van der Waals surface area contributed by atoms with E-state index in [1.807, 2.05) is 17.0 Å². The van der Waals surface area contributed by atoms with E-state index in [9.17, 15) is 4.79 Å². The fourth-order valence-electron chi connectivity index (χ4n) is 4.44. The number of carbonyl (C=O) groups is 1. The van der Waals surface area contributed by atoms with Gasteiger partial charge in [0.15, 0.2) is 0 Å². The van der Waals surface area contributed by atoms with E-state index in [0.717, 1.165) is 47.5 Å². The standard InChI is InChI=1S/C29H30N4O/c1-3-22-9-14-25(15-10-22)30-29(34)33-19-17-32(18-20-33)27-16-13-24-5-4-6-26(28(24)31-27)23-11-7-21(2)8-12-23/h4-16H,3,17-20H2,1-2H3,(H,30,34). The Hall–Kier alpha value is -3.86. The molecule has 5 nitrogen and oxygen atoms in total. The molecule has 34 heavy (non-hydrogen) atoms. The third-order valence-electron chi connectivity index (χ3n) is 6.57. The highest BCUT2D eigenvalue weighted by molar-refractivity contribution is 5.94. The minimum Gasteiger partial charge on any atom is -0.353 e. The number of amides is 2. The Kier molecular flexibility index (Phi) is 6.17. The lowest BCUT2D eigenvalue weighted by molar-refractivity contribution is 0.208. The highest BCUT2D eigenvalue weighted by Gasteiger charge is 2.22. The largest absolute Gasteiger partial charge is 0.353 e. The summed E-state index contributed by atoms with van der Waals surface area (Å²) >= 11 is 0. The first-order valence-corrected chi connectivity index (χ1v) is 12.0. The zero-order chi connectivity index (χ0) is 23.5. The van der Waals surface area contributed by atoms with Gasteiger partial charge in [0.05, 0.1) is 5.52 Å². The summed E-state index contributed by atoms with van der Waals surface area (Å²) in [6.07, 6.45) is 0.992. The molecule has 172 valence electrons. The van der Waals surface area contributed by atoms with Gasteiger partial charge in [-0.3, -0.25) is 0 Å². The molecule has 1 aliphatic rings. The summed E-state index contributed by atoms with van der Waals surface area (Å²) in [6.45, 7) is 7.07. The molecular weight excluding hydrogens is 420 g/mol. The van der Waals surface area contributed by atoms with Crippen molar-refractivity contribution in [3.05, 3.63) is 90.0 Å². The van der Waals surface area contributed by atoms with E-state index >= 15 is 0 Å². The number of rotatable bonds is 4. The maximum absolute atomic E-state index is 12.7. The highest BCUT2D eigenvalue weighted by atomic mass is 16.2. The third kappa shape index (κ3) is 4.60. The summed E-state index contributed by atoms with van der Waals surface area (Å²) in [7, 11) is 0. The zero-order valence-electron chi connectivity index (χ0n) is 19.8. The second kappa shape index (κ2) is 9.56. The van der Waals surface area contributed by atoms with Crippen LogP contribution in [0.3, 0.4) is 0 Å². The van der Waals surface area contributed by atoms with Crippen LogP contribution >= 0.6 is 0 Å². The molecule has 0 aliphatic carbocycles. The van der Waals surface area contributed by atoms with Crippen LogP contribution in [0.2, 0.25) is 0 Å². The fourth-order valence-corrected chi connectivity index (χ4v) is 4.44. The summed E-state index contributed by atoms with van der Waals surface area (Å²) in [5.74, 6) is 0.960. The van der Waals surface area contributed by atoms with Crippen LogP contribution < -0.4 is 10.2 Å². The normalized spacial score (nSPS) is 13.8. The molecule has 0 unspecified atom stereocenters. The molecular formula is C29H30N4O. The quantitative estimate of drug-likeness (QED) is 0.407. The third-order valence-corrected chi connectivity index (χ3v) is 6.57. The fraction of sp³-hybridized carbons (Fsp3) is 0.241. The van der Waals surface area contributed by atoms with E-state index in [4.69, 9.17) is 4.98 Å². The first kappa shape index (κ1) is 22.0. The first-order chi connectivity index (χ1) is 16.6. The number of piperazine rings is 1. The van der Waals surface area contributed by atoms with E-state index in [-0.39, 0.29) is 6.03 Å². The van der Waals surface area contributed by atoms with Crippen LogP contribution in [0.25, 0.3) is 22.0 Å². The zero-order valence-corrected chi connectivity index (χ0v) is 19.8. The first-order valence-electron chi connectivity index (χ1n) is 12.0. The average Bonchev–Trinajstić information content (AvgIpc) is 2.89. The summed E-state index contributed by atoms with van der Waals surface area (Å²) in [4.78, 5) is 22.0. The van der Waals surface area contributed by atoms with Crippen molar-refractivity contribution >= 4 is 28.4 Å². The molecule has 0 radical (unpaired) electrons. The SMILES string of the molecule is CCc1ccc(NC(=O)N2CCN(c3ccc4cccc(-c5ccc(C)cc5)c4n3)CC2)cc1. The van der Waals surface area contributed by atoms with Crippen LogP contribution in [0.1, 0.15) is 18.1 Å². The summed E-state index contributed by atoms with van der Waals surface area (Å²) in [5, 5.41) is 4.16. The molecule has 0 bridgehead atoms. The predicted molar refractivity (Wildman–Crippen MR) is 141 cm³/mol. The van der Waals surface area contributed by atoms with Gasteiger partial charge in [-0.1, -0.05) is 67.1 Å². The number of aryl methyl sites for hydroxylation is 2. The molecule has 4 aromatic rings. The highest BCUT2D eigenvalue weighted by Crippen LogP contribution is 2.29. The van der Waals surface area contributed by atoms with E-state index < -0.39 is 0 Å². The molecule has 2 heterocycles. The molecule has 1 aliphatic heterocycles. The predicted octanol–water partition coefficient (Wildman–Crippen LogP) is 6.13. The van der Waals surface area contributed by atoms with Gasteiger partial charge in [0.2, 0.25) is 0 Å². The summed E-state index contributed by atoms with van der Waals surface area (Å²) < 4.78 is 0. The number of nitrogens with one attached hydrogen (secondary N) is 1. The van der Waals surface area contributed by atoms with Crippen molar-refractivity contribution in [3.8, 4) is 11.1 Å². The maximum atomic E-state index is 12.7. The van der Waals surface area contributed by atoms with Crippen molar-refractivity contribution in [2.45, 2.75) is 20.3 Å². The Morgan fingerprint density at radius 1 is 0.882 bits per heavy atom. The van der Waals surface area contributed by atoms with Gasteiger partial charge in [-0.05, 0) is 48.7 Å². The lowest BCUT2D eigenvalue weighted by atomic mass is 10.0. The number of pyridine rings is 1. The Morgan fingerprint density at radius 2 is 1.62 bits per heavy atom. The van der Waals surface area contributed by atoms with Gasteiger partial charge in [-0.25, -0.2) is 9.78 Å². The van der Waals surface area contributed by atoms with Crippen molar-refractivity contribution in [3.63, 3.8) is 0 Å². The number of hydrogen-bond donors (Lipinski definition) is 1. The molecule has 5 heteroatoms. The van der Waals surface area contributed by atoms with Crippen molar-refractivity contribution in [2.24, 2.45) is 0 Å². The van der Waals surface area contributed by atoms with Gasteiger partial charge >= 0.3 is 6.03 Å². The van der Waals surface area contributed by atoms with E-state index in [0.29, 0.717) is 13.1 Å². The van der Waals surface area contributed by atoms with Gasteiger partial charge < -0.3 is 15.1 Å². The minimum absolute atomic E-state index is 0.0444. The number of nitrogens with zero attached hydrogens (tertiary/aromatic N) is 3. The molecule has 1 N–H and O–H groups in total. The number of urea groups is 1. The van der Waals surface area contributed by atoms with Crippen LogP contribution in [-0.4, -0.2) is 42.1 Å². The van der Waals surface area contributed by atoms with E-state index in [1.54, 1.807) is 0 Å². The number of aromatic nitrogens is 1. The number of para-hydroxylation sites is 1. The number of benzene rings is 3. The lowest BCUT2D eigenvalue weighted by Crippen LogP contribution is -2.50. The topological polar surface area (TPSA) is 48.5 Å². The van der Waals surface area contributed by atoms with Crippen molar-refractivity contribution < 1.29 is 4.79 Å². The molecule has 5 rings (SSSR count).